The Morgan fingerprint density at radius 2 is 1.35 bits per heavy atom. The molecule has 0 saturated heterocycles. The third-order valence-electron chi connectivity index (χ3n) is 3.44. The first-order valence-electron chi connectivity index (χ1n) is 6.17. The highest BCUT2D eigenvalue weighted by Gasteiger charge is 2.20. The Balaban J connectivity index is 2.54. The summed E-state index contributed by atoms with van der Waals surface area (Å²) in [6.07, 6.45) is 0. The molecule has 0 saturated carbocycles. The first-order chi connectivity index (χ1) is 9.31. The maximum Gasteiger partial charge on any atom is 0.131 e. The zero-order valence-electron chi connectivity index (χ0n) is 11.4. The Morgan fingerprint density at radius 1 is 0.800 bits per heavy atom. The predicted molar refractivity (Wildman–Crippen MR) is 79.7 cm³/mol. The monoisotopic (exact) mass is 314 g/mol. The molecule has 0 aliphatic rings. The Labute approximate surface area is 127 Å². The number of aryl methyl sites for hydroxylation is 3. The average molecular weight is 315 g/mol. The zero-order chi connectivity index (χ0) is 15.0. The lowest BCUT2D eigenvalue weighted by Gasteiger charge is -2.16. The summed E-state index contributed by atoms with van der Waals surface area (Å²) >= 11 is 12.5. The van der Waals surface area contributed by atoms with Gasteiger partial charge in [-0.1, -0.05) is 17.7 Å². The van der Waals surface area contributed by atoms with Gasteiger partial charge in [-0.3, -0.25) is 0 Å². The Bertz CT molecular complexity index is 609. The molecule has 2 rings (SSSR count). The molecule has 0 bridgehead atoms. The second kappa shape index (κ2) is 5.71. The van der Waals surface area contributed by atoms with Crippen molar-refractivity contribution in [3.63, 3.8) is 0 Å². The first-order valence-corrected chi connectivity index (χ1v) is 6.99. The standard InChI is InChI=1S/C16H14Cl2F2/c1-8-4-11(13(17)6-9(8)2)16(18)12-5-10(3)14(19)7-15(12)20/h4-7,16H,1-3H3. The number of hydrogen-bond acceptors (Lipinski definition) is 0. The molecular formula is C16H14Cl2F2. The van der Waals surface area contributed by atoms with Crippen LogP contribution in [0.25, 0.3) is 0 Å². The van der Waals surface area contributed by atoms with Crippen LogP contribution in [0.15, 0.2) is 24.3 Å². The summed E-state index contributed by atoms with van der Waals surface area (Å²) in [4.78, 5) is 0. The van der Waals surface area contributed by atoms with Crippen LogP contribution in [0.1, 0.15) is 33.2 Å². The van der Waals surface area contributed by atoms with Gasteiger partial charge in [0, 0.05) is 16.7 Å². The van der Waals surface area contributed by atoms with Crippen molar-refractivity contribution in [2.75, 3.05) is 0 Å². The highest BCUT2D eigenvalue weighted by molar-refractivity contribution is 6.33. The van der Waals surface area contributed by atoms with Crippen molar-refractivity contribution in [1.82, 2.24) is 0 Å². The van der Waals surface area contributed by atoms with Crippen molar-refractivity contribution in [3.8, 4) is 0 Å². The lowest BCUT2D eigenvalue weighted by atomic mass is 9.98. The topological polar surface area (TPSA) is 0 Å². The van der Waals surface area contributed by atoms with E-state index in [1.165, 1.54) is 6.07 Å². The summed E-state index contributed by atoms with van der Waals surface area (Å²) in [6, 6.07) is 5.92. The molecule has 4 heteroatoms. The fourth-order valence-electron chi connectivity index (χ4n) is 2.04. The largest absolute Gasteiger partial charge is 0.207 e. The Hall–Kier alpha value is -1.12. The van der Waals surface area contributed by atoms with E-state index in [0.29, 0.717) is 16.1 Å². The van der Waals surface area contributed by atoms with Gasteiger partial charge in [0.1, 0.15) is 11.6 Å². The van der Waals surface area contributed by atoms with Gasteiger partial charge in [-0.05, 0) is 55.2 Å². The predicted octanol–water partition coefficient (Wildman–Crippen LogP) is 5.87. The molecule has 0 amide bonds. The molecule has 1 atom stereocenters. The van der Waals surface area contributed by atoms with Gasteiger partial charge in [0.2, 0.25) is 0 Å². The van der Waals surface area contributed by atoms with Gasteiger partial charge in [0.25, 0.3) is 0 Å². The molecule has 2 aromatic rings. The number of rotatable bonds is 2. The molecule has 106 valence electrons. The molecule has 0 aromatic heterocycles. The minimum atomic E-state index is -0.749. The van der Waals surface area contributed by atoms with Gasteiger partial charge in [-0.2, -0.15) is 0 Å². The second-order valence-corrected chi connectivity index (χ2v) is 5.79. The quantitative estimate of drug-likeness (QED) is 0.608. The van der Waals surface area contributed by atoms with Gasteiger partial charge in [-0.15, -0.1) is 11.6 Å². The van der Waals surface area contributed by atoms with E-state index in [1.54, 1.807) is 13.0 Å². The summed E-state index contributed by atoms with van der Waals surface area (Å²) in [5.74, 6) is -1.25. The molecule has 1 unspecified atom stereocenters. The molecule has 0 fully saturated rings. The second-order valence-electron chi connectivity index (χ2n) is 4.94. The Kier molecular flexibility index (Phi) is 4.36. The van der Waals surface area contributed by atoms with E-state index in [0.717, 1.165) is 17.2 Å². The number of alkyl halides is 1. The molecule has 0 N–H and O–H groups in total. The number of benzene rings is 2. The molecule has 20 heavy (non-hydrogen) atoms. The Morgan fingerprint density at radius 3 is 2.00 bits per heavy atom. The highest BCUT2D eigenvalue weighted by Crippen LogP contribution is 2.37. The normalized spacial score (nSPS) is 12.6. The van der Waals surface area contributed by atoms with Crippen LogP contribution < -0.4 is 0 Å². The van der Waals surface area contributed by atoms with Crippen LogP contribution in [0.2, 0.25) is 5.02 Å². The van der Waals surface area contributed by atoms with Crippen LogP contribution in [-0.4, -0.2) is 0 Å². The van der Waals surface area contributed by atoms with E-state index in [4.69, 9.17) is 23.2 Å². The van der Waals surface area contributed by atoms with Crippen LogP contribution >= 0.6 is 23.2 Å². The minimum Gasteiger partial charge on any atom is -0.207 e. The lowest BCUT2D eigenvalue weighted by Crippen LogP contribution is -2.01. The van der Waals surface area contributed by atoms with Crippen LogP contribution in [0.3, 0.4) is 0 Å². The molecule has 0 nitrogen and oxygen atoms in total. The smallest absolute Gasteiger partial charge is 0.131 e. The van der Waals surface area contributed by atoms with Crippen LogP contribution in [0.5, 0.6) is 0 Å². The third kappa shape index (κ3) is 2.82. The van der Waals surface area contributed by atoms with Crippen LogP contribution in [0, 0.1) is 32.4 Å². The minimum absolute atomic E-state index is 0.232. The third-order valence-corrected chi connectivity index (χ3v) is 4.23. The maximum absolute atomic E-state index is 13.9. The summed E-state index contributed by atoms with van der Waals surface area (Å²) in [5.41, 5.74) is 3.27. The number of hydrogen-bond donors (Lipinski definition) is 0. The molecule has 0 aliphatic heterocycles. The van der Waals surface area contributed by atoms with E-state index >= 15 is 0 Å². The van der Waals surface area contributed by atoms with Crippen molar-refractivity contribution in [3.05, 3.63) is 68.7 Å². The molecule has 0 heterocycles. The van der Waals surface area contributed by atoms with E-state index in [9.17, 15) is 8.78 Å². The zero-order valence-corrected chi connectivity index (χ0v) is 12.9. The first kappa shape index (κ1) is 15.3. The SMILES string of the molecule is Cc1cc(Cl)c(C(Cl)c2cc(C)c(F)cc2F)cc1C. The van der Waals surface area contributed by atoms with E-state index in [2.05, 4.69) is 0 Å². The highest BCUT2D eigenvalue weighted by atomic mass is 35.5. The van der Waals surface area contributed by atoms with Gasteiger partial charge in [0.05, 0.1) is 5.38 Å². The summed E-state index contributed by atoms with van der Waals surface area (Å²) < 4.78 is 27.2. The fourth-order valence-corrected chi connectivity index (χ4v) is 2.77. The summed E-state index contributed by atoms with van der Waals surface area (Å²) in [7, 11) is 0. The van der Waals surface area contributed by atoms with Crippen molar-refractivity contribution >= 4 is 23.2 Å². The van der Waals surface area contributed by atoms with Crippen LogP contribution in [-0.2, 0) is 0 Å². The lowest BCUT2D eigenvalue weighted by molar-refractivity contribution is 0.568. The molecular weight excluding hydrogens is 301 g/mol. The summed E-state index contributed by atoms with van der Waals surface area (Å²) in [5, 5.41) is -0.268. The summed E-state index contributed by atoms with van der Waals surface area (Å²) in [6.45, 7) is 5.45. The van der Waals surface area contributed by atoms with Gasteiger partial charge in [0.15, 0.2) is 0 Å². The van der Waals surface area contributed by atoms with Crippen molar-refractivity contribution < 1.29 is 8.78 Å². The maximum atomic E-state index is 13.9. The van der Waals surface area contributed by atoms with Crippen molar-refractivity contribution in [2.45, 2.75) is 26.1 Å². The van der Waals surface area contributed by atoms with Crippen LogP contribution in [0.4, 0.5) is 8.78 Å². The molecule has 0 radical (unpaired) electrons. The van der Waals surface area contributed by atoms with E-state index in [-0.39, 0.29) is 5.56 Å². The van der Waals surface area contributed by atoms with Gasteiger partial charge in [-0.25, -0.2) is 8.78 Å². The van der Waals surface area contributed by atoms with Gasteiger partial charge < -0.3 is 0 Å². The molecule has 0 spiro atoms. The average Bonchev–Trinajstić information content (AvgIpc) is 2.37. The van der Waals surface area contributed by atoms with E-state index in [1.807, 2.05) is 19.9 Å². The molecule has 0 aliphatic carbocycles. The molecule has 2 aromatic carbocycles. The fraction of sp³-hybridized carbons (Fsp3) is 0.250. The van der Waals surface area contributed by atoms with Crippen molar-refractivity contribution in [2.24, 2.45) is 0 Å². The van der Waals surface area contributed by atoms with Gasteiger partial charge >= 0.3 is 0 Å². The van der Waals surface area contributed by atoms with E-state index < -0.39 is 17.0 Å². The number of halogens is 4. The van der Waals surface area contributed by atoms with Crippen molar-refractivity contribution in [1.29, 1.82) is 0 Å².